The zero-order valence-electron chi connectivity index (χ0n) is 18.0. The number of carbonyl (C=O) groups excluding carboxylic acids is 1. The molecule has 2 N–H and O–H groups in total. The van der Waals surface area contributed by atoms with Gasteiger partial charge in [-0.05, 0) is 72.6 Å². The van der Waals surface area contributed by atoms with E-state index < -0.39 is 10.0 Å². The predicted molar refractivity (Wildman–Crippen MR) is 130 cm³/mol. The molecule has 8 heteroatoms. The van der Waals surface area contributed by atoms with Crippen molar-refractivity contribution < 1.29 is 13.2 Å². The Balaban J connectivity index is 1.38. The Labute approximate surface area is 193 Å². The second-order valence-electron chi connectivity index (χ2n) is 8.25. The van der Waals surface area contributed by atoms with Crippen LogP contribution in [0.3, 0.4) is 0 Å². The highest BCUT2D eigenvalue weighted by atomic mass is 32.2. The van der Waals surface area contributed by atoms with E-state index in [1.54, 1.807) is 35.7 Å². The molecule has 1 unspecified atom stereocenters. The highest BCUT2D eigenvalue weighted by molar-refractivity contribution is 7.94. The third-order valence-corrected chi connectivity index (χ3v) is 8.27. The van der Waals surface area contributed by atoms with Gasteiger partial charge in [-0.3, -0.25) is 14.4 Å². The van der Waals surface area contributed by atoms with E-state index in [0.717, 1.165) is 36.9 Å². The zero-order valence-corrected chi connectivity index (χ0v) is 19.6. The average Bonchev–Trinajstić information content (AvgIpc) is 3.31. The van der Waals surface area contributed by atoms with Gasteiger partial charge in [-0.2, -0.15) is 0 Å². The average molecular weight is 470 g/mol. The number of likely N-dealkylation sites (tertiary alicyclic amines) is 1. The van der Waals surface area contributed by atoms with Crippen LogP contribution in [0.5, 0.6) is 0 Å². The van der Waals surface area contributed by atoms with Crippen molar-refractivity contribution in [3.63, 3.8) is 0 Å². The number of piperidine rings is 1. The Hall–Kier alpha value is -2.68. The van der Waals surface area contributed by atoms with Gasteiger partial charge in [0.25, 0.3) is 15.9 Å². The number of nitrogens with zero attached hydrogens (tertiary/aromatic N) is 1. The van der Waals surface area contributed by atoms with Crippen molar-refractivity contribution in [1.29, 1.82) is 0 Å². The van der Waals surface area contributed by atoms with Crippen molar-refractivity contribution in [2.75, 3.05) is 23.1 Å². The molecule has 0 saturated carbocycles. The van der Waals surface area contributed by atoms with Gasteiger partial charge in [-0.25, -0.2) is 8.42 Å². The standard InChI is InChI=1S/C24H27N3O3S2/c1-18-5-3-13-27(16-18)17-19-9-11-21(12-10-19)25-24(28)20-6-2-7-22(15-20)26-32(29,30)23-8-4-14-31-23/h2,4,6-12,14-15,18,26H,3,5,13,16-17H2,1H3,(H,25,28). The normalized spacial score (nSPS) is 17.1. The number of hydrogen-bond acceptors (Lipinski definition) is 5. The van der Waals surface area contributed by atoms with Gasteiger partial charge in [0.2, 0.25) is 0 Å². The summed E-state index contributed by atoms with van der Waals surface area (Å²) < 4.78 is 27.6. The van der Waals surface area contributed by atoms with Crippen LogP contribution in [0.1, 0.15) is 35.7 Å². The number of thiophene rings is 1. The monoisotopic (exact) mass is 469 g/mol. The molecule has 1 atom stereocenters. The summed E-state index contributed by atoms with van der Waals surface area (Å²) in [4.78, 5) is 15.2. The lowest BCUT2D eigenvalue weighted by Crippen LogP contribution is -2.33. The molecule has 3 aromatic rings. The molecule has 1 aliphatic heterocycles. The highest BCUT2D eigenvalue weighted by Gasteiger charge is 2.17. The largest absolute Gasteiger partial charge is 0.322 e. The van der Waals surface area contributed by atoms with Crippen molar-refractivity contribution >= 4 is 38.6 Å². The molecule has 32 heavy (non-hydrogen) atoms. The van der Waals surface area contributed by atoms with E-state index in [1.807, 2.05) is 24.3 Å². The summed E-state index contributed by atoms with van der Waals surface area (Å²) in [5, 5.41) is 4.59. The Morgan fingerprint density at radius 2 is 1.91 bits per heavy atom. The number of rotatable bonds is 7. The SMILES string of the molecule is CC1CCCN(Cc2ccc(NC(=O)c3cccc(NS(=O)(=O)c4cccs4)c3)cc2)C1. The predicted octanol–water partition coefficient (Wildman–Crippen LogP) is 5.03. The summed E-state index contributed by atoms with van der Waals surface area (Å²) in [6, 6.07) is 17.6. The number of anilines is 2. The maximum atomic E-state index is 12.7. The van der Waals surface area contributed by atoms with Crippen LogP contribution in [0.4, 0.5) is 11.4 Å². The number of nitrogens with one attached hydrogen (secondary N) is 2. The van der Waals surface area contributed by atoms with E-state index in [9.17, 15) is 13.2 Å². The highest BCUT2D eigenvalue weighted by Crippen LogP contribution is 2.22. The lowest BCUT2D eigenvalue weighted by atomic mass is 10.00. The summed E-state index contributed by atoms with van der Waals surface area (Å²) in [5.74, 6) is 0.452. The molecule has 1 aliphatic rings. The zero-order chi connectivity index (χ0) is 22.6. The van der Waals surface area contributed by atoms with Crippen molar-refractivity contribution in [1.82, 2.24) is 4.90 Å². The molecule has 1 amide bonds. The van der Waals surface area contributed by atoms with E-state index in [1.165, 1.54) is 24.5 Å². The van der Waals surface area contributed by atoms with Gasteiger partial charge in [0, 0.05) is 30.0 Å². The second-order valence-corrected chi connectivity index (χ2v) is 11.1. The molecule has 1 aromatic heterocycles. The molecule has 2 heterocycles. The minimum absolute atomic E-state index is 0.228. The second kappa shape index (κ2) is 9.85. The van der Waals surface area contributed by atoms with Crippen LogP contribution in [0.25, 0.3) is 0 Å². The van der Waals surface area contributed by atoms with Crippen LogP contribution in [-0.4, -0.2) is 32.3 Å². The summed E-state index contributed by atoms with van der Waals surface area (Å²) in [6.07, 6.45) is 2.55. The fraction of sp³-hybridized carbons (Fsp3) is 0.292. The summed E-state index contributed by atoms with van der Waals surface area (Å²) >= 11 is 1.14. The maximum absolute atomic E-state index is 12.7. The fourth-order valence-corrected chi connectivity index (χ4v) is 5.97. The Kier molecular flexibility index (Phi) is 6.93. The minimum atomic E-state index is -3.66. The van der Waals surface area contributed by atoms with Gasteiger partial charge >= 0.3 is 0 Å². The Morgan fingerprint density at radius 3 is 2.62 bits per heavy atom. The number of sulfonamides is 1. The Morgan fingerprint density at radius 1 is 1.09 bits per heavy atom. The first-order chi connectivity index (χ1) is 15.4. The topological polar surface area (TPSA) is 78.5 Å². The first-order valence-corrected chi connectivity index (χ1v) is 13.0. The van der Waals surface area contributed by atoms with Crippen LogP contribution in [0.2, 0.25) is 0 Å². The van der Waals surface area contributed by atoms with E-state index in [2.05, 4.69) is 21.9 Å². The third kappa shape index (κ3) is 5.76. The number of benzene rings is 2. The summed E-state index contributed by atoms with van der Waals surface area (Å²) in [5.41, 5.74) is 2.65. The molecule has 0 bridgehead atoms. The van der Waals surface area contributed by atoms with Crippen LogP contribution in [-0.2, 0) is 16.6 Å². The fourth-order valence-electron chi connectivity index (χ4n) is 3.93. The first kappa shape index (κ1) is 22.5. The molecular formula is C24H27N3O3S2. The molecule has 4 rings (SSSR count). The van der Waals surface area contributed by atoms with Gasteiger partial charge in [-0.15, -0.1) is 11.3 Å². The Bertz CT molecular complexity index is 1160. The lowest BCUT2D eigenvalue weighted by Gasteiger charge is -2.30. The van der Waals surface area contributed by atoms with E-state index in [4.69, 9.17) is 0 Å². The molecule has 0 radical (unpaired) electrons. The molecule has 0 aliphatic carbocycles. The van der Waals surface area contributed by atoms with Gasteiger partial charge in [0.1, 0.15) is 4.21 Å². The van der Waals surface area contributed by atoms with E-state index in [-0.39, 0.29) is 10.1 Å². The van der Waals surface area contributed by atoms with Crippen LogP contribution in [0.15, 0.2) is 70.3 Å². The third-order valence-electron chi connectivity index (χ3n) is 5.50. The maximum Gasteiger partial charge on any atom is 0.271 e. The quantitative estimate of drug-likeness (QED) is 0.509. The van der Waals surface area contributed by atoms with Gasteiger partial charge in [0.15, 0.2) is 0 Å². The van der Waals surface area contributed by atoms with Crippen LogP contribution >= 0.6 is 11.3 Å². The molecule has 1 saturated heterocycles. The molecule has 0 spiro atoms. The summed E-state index contributed by atoms with van der Waals surface area (Å²) in [6.45, 7) is 5.48. The van der Waals surface area contributed by atoms with E-state index >= 15 is 0 Å². The van der Waals surface area contributed by atoms with Gasteiger partial charge < -0.3 is 5.32 Å². The molecular weight excluding hydrogens is 442 g/mol. The van der Waals surface area contributed by atoms with Crippen molar-refractivity contribution in [3.8, 4) is 0 Å². The molecule has 1 fully saturated rings. The van der Waals surface area contributed by atoms with Gasteiger partial charge in [-0.1, -0.05) is 31.2 Å². The number of hydrogen-bond donors (Lipinski definition) is 2. The molecule has 6 nitrogen and oxygen atoms in total. The van der Waals surface area contributed by atoms with Gasteiger partial charge in [0.05, 0.1) is 0 Å². The van der Waals surface area contributed by atoms with Crippen molar-refractivity contribution in [2.24, 2.45) is 5.92 Å². The lowest BCUT2D eigenvalue weighted by molar-refractivity contribution is 0.102. The van der Waals surface area contributed by atoms with Crippen LogP contribution in [0, 0.1) is 5.92 Å². The summed E-state index contributed by atoms with van der Waals surface area (Å²) in [7, 11) is -3.66. The van der Waals surface area contributed by atoms with Crippen molar-refractivity contribution in [2.45, 2.75) is 30.5 Å². The minimum Gasteiger partial charge on any atom is -0.322 e. The van der Waals surface area contributed by atoms with Crippen molar-refractivity contribution in [3.05, 3.63) is 77.2 Å². The first-order valence-electron chi connectivity index (χ1n) is 10.7. The number of carbonyl (C=O) groups is 1. The van der Waals surface area contributed by atoms with E-state index in [0.29, 0.717) is 16.9 Å². The number of amides is 1. The molecule has 2 aromatic carbocycles. The smallest absolute Gasteiger partial charge is 0.271 e. The van der Waals surface area contributed by atoms with Crippen LogP contribution < -0.4 is 10.0 Å². The molecule has 168 valence electrons.